The SMILES string of the molecule is COCc1ccccc1CNS(=O)(=O)c1cncc(Br)c1. The summed E-state index contributed by atoms with van der Waals surface area (Å²) in [6.07, 6.45) is 2.85. The third-order valence-electron chi connectivity index (χ3n) is 2.86. The number of benzene rings is 1. The molecule has 0 saturated heterocycles. The number of methoxy groups -OCH3 is 1. The minimum Gasteiger partial charge on any atom is -0.380 e. The largest absolute Gasteiger partial charge is 0.380 e. The lowest BCUT2D eigenvalue weighted by atomic mass is 10.1. The van der Waals surface area contributed by atoms with Gasteiger partial charge in [0.05, 0.1) is 6.61 Å². The lowest BCUT2D eigenvalue weighted by Gasteiger charge is -2.10. The number of hydrogen-bond donors (Lipinski definition) is 1. The molecular weight excluding hydrogens is 356 g/mol. The molecule has 1 aromatic heterocycles. The number of pyridine rings is 1. The zero-order valence-corrected chi connectivity index (χ0v) is 13.8. The van der Waals surface area contributed by atoms with E-state index in [1.54, 1.807) is 7.11 Å². The van der Waals surface area contributed by atoms with Crippen LogP contribution in [0.1, 0.15) is 11.1 Å². The van der Waals surface area contributed by atoms with Crippen LogP contribution in [0.4, 0.5) is 0 Å². The van der Waals surface area contributed by atoms with Crippen LogP contribution in [0.15, 0.2) is 52.1 Å². The summed E-state index contributed by atoms with van der Waals surface area (Å²) in [6, 6.07) is 9.05. The minimum atomic E-state index is -3.60. The molecule has 0 aliphatic heterocycles. The monoisotopic (exact) mass is 370 g/mol. The van der Waals surface area contributed by atoms with E-state index >= 15 is 0 Å². The number of rotatable bonds is 6. The Balaban J connectivity index is 2.16. The zero-order chi connectivity index (χ0) is 15.3. The normalized spacial score (nSPS) is 11.5. The second kappa shape index (κ2) is 7.13. The Morgan fingerprint density at radius 3 is 2.62 bits per heavy atom. The molecule has 112 valence electrons. The molecule has 21 heavy (non-hydrogen) atoms. The predicted molar refractivity (Wildman–Crippen MR) is 83.1 cm³/mol. The molecule has 0 spiro atoms. The molecule has 1 N–H and O–H groups in total. The molecule has 2 rings (SSSR count). The van der Waals surface area contributed by atoms with Crippen LogP contribution in [0.3, 0.4) is 0 Å². The summed E-state index contributed by atoms with van der Waals surface area (Å²) in [5.41, 5.74) is 1.83. The third kappa shape index (κ3) is 4.34. The fourth-order valence-corrected chi connectivity index (χ4v) is 3.33. The Labute approximate surface area is 132 Å². The van der Waals surface area contributed by atoms with E-state index in [0.29, 0.717) is 11.1 Å². The Morgan fingerprint density at radius 2 is 1.95 bits per heavy atom. The summed E-state index contributed by atoms with van der Waals surface area (Å²) >= 11 is 3.21. The van der Waals surface area contributed by atoms with Gasteiger partial charge in [0.1, 0.15) is 4.90 Å². The summed E-state index contributed by atoms with van der Waals surface area (Å²) in [5, 5.41) is 0. The van der Waals surface area contributed by atoms with Gasteiger partial charge in [-0.05, 0) is 33.1 Å². The third-order valence-corrected chi connectivity index (χ3v) is 4.66. The van der Waals surface area contributed by atoms with Crippen LogP contribution in [0.2, 0.25) is 0 Å². The van der Waals surface area contributed by atoms with Crippen LogP contribution in [0.25, 0.3) is 0 Å². The zero-order valence-electron chi connectivity index (χ0n) is 11.4. The lowest BCUT2D eigenvalue weighted by Crippen LogP contribution is -2.24. The van der Waals surface area contributed by atoms with E-state index in [1.165, 1.54) is 18.5 Å². The number of nitrogens with zero attached hydrogens (tertiary/aromatic N) is 1. The van der Waals surface area contributed by atoms with Crippen molar-refractivity contribution in [3.63, 3.8) is 0 Å². The molecule has 0 radical (unpaired) electrons. The smallest absolute Gasteiger partial charge is 0.242 e. The maximum absolute atomic E-state index is 12.2. The van der Waals surface area contributed by atoms with Gasteiger partial charge in [-0.25, -0.2) is 13.1 Å². The van der Waals surface area contributed by atoms with E-state index in [0.717, 1.165) is 11.1 Å². The Morgan fingerprint density at radius 1 is 1.24 bits per heavy atom. The van der Waals surface area contributed by atoms with Gasteiger partial charge in [0, 0.05) is 30.5 Å². The Hall–Kier alpha value is -1.28. The van der Waals surface area contributed by atoms with Crippen LogP contribution >= 0.6 is 15.9 Å². The van der Waals surface area contributed by atoms with Crippen molar-refractivity contribution in [3.8, 4) is 0 Å². The molecule has 0 atom stereocenters. The van der Waals surface area contributed by atoms with Crippen molar-refractivity contribution in [1.82, 2.24) is 9.71 Å². The standard InChI is InChI=1S/C14H15BrN2O3S/c1-20-10-12-5-3-2-4-11(12)7-17-21(18,19)14-6-13(15)8-16-9-14/h2-6,8-9,17H,7,10H2,1H3. The lowest BCUT2D eigenvalue weighted by molar-refractivity contribution is 0.184. The summed E-state index contributed by atoms with van der Waals surface area (Å²) in [7, 11) is -1.99. The van der Waals surface area contributed by atoms with Gasteiger partial charge in [-0.3, -0.25) is 4.98 Å². The van der Waals surface area contributed by atoms with Gasteiger partial charge in [0.25, 0.3) is 0 Å². The van der Waals surface area contributed by atoms with Crippen LogP contribution < -0.4 is 4.72 Å². The van der Waals surface area contributed by atoms with E-state index in [4.69, 9.17) is 4.74 Å². The molecule has 0 aliphatic rings. The summed E-state index contributed by atoms with van der Waals surface area (Å²) < 4.78 is 32.7. The van der Waals surface area contributed by atoms with Crippen LogP contribution in [0.5, 0.6) is 0 Å². The minimum absolute atomic E-state index is 0.126. The highest BCUT2D eigenvalue weighted by Gasteiger charge is 2.15. The van der Waals surface area contributed by atoms with E-state index in [-0.39, 0.29) is 11.4 Å². The molecule has 0 saturated carbocycles. The van der Waals surface area contributed by atoms with Crippen molar-refractivity contribution in [2.45, 2.75) is 18.0 Å². The first-order valence-electron chi connectivity index (χ1n) is 6.19. The average molecular weight is 371 g/mol. The van der Waals surface area contributed by atoms with Gasteiger partial charge >= 0.3 is 0 Å². The second-order valence-electron chi connectivity index (χ2n) is 4.37. The molecule has 2 aromatic rings. The van der Waals surface area contributed by atoms with Crippen molar-refractivity contribution in [2.24, 2.45) is 0 Å². The first-order valence-corrected chi connectivity index (χ1v) is 8.46. The highest BCUT2D eigenvalue weighted by atomic mass is 79.9. The van der Waals surface area contributed by atoms with Crippen molar-refractivity contribution in [3.05, 3.63) is 58.3 Å². The van der Waals surface area contributed by atoms with Crippen LogP contribution in [0, 0.1) is 0 Å². The molecular formula is C14H15BrN2O3S. The molecule has 1 aromatic carbocycles. The average Bonchev–Trinajstić information content (AvgIpc) is 2.47. The second-order valence-corrected chi connectivity index (χ2v) is 7.05. The number of ether oxygens (including phenoxy) is 1. The summed E-state index contributed by atoms with van der Waals surface area (Å²) in [4.78, 5) is 3.99. The van der Waals surface area contributed by atoms with Crippen molar-refractivity contribution in [1.29, 1.82) is 0 Å². The van der Waals surface area contributed by atoms with Gasteiger partial charge in [-0.15, -0.1) is 0 Å². The maximum atomic E-state index is 12.2. The summed E-state index contributed by atoms with van der Waals surface area (Å²) in [6.45, 7) is 0.644. The van der Waals surface area contributed by atoms with Crippen LogP contribution in [-0.2, 0) is 27.9 Å². The van der Waals surface area contributed by atoms with E-state index < -0.39 is 10.0 Å². The van der Waals surface area contributed by atoms with E-state index in [1.807, 2.05) is 24.3 Å². The Bertz CT molecular complexity index is 720. The van der Waals surface area contributed by atoms with Gasteiger partial charge in [0.15, 0.2) is 0 Å². The predicted octanol–water partition coefficient (Wildman–Crippen LogP) is 2.47. The van der Waals surface area contributed by atoms with Crippen LogP contribution in [-0.4, -0.2) is 20.5 Å². The number of nitrogens with one attached hydrogen (secondary N) is 1. The first-order chi connectivity index (χ1) is 10.0. The number of halogens is 1. The topological polar surface area (TPSA) is 68.3 Å². The number of hydrogen-bond acceptors (Lipinski definition) is 4. The van der Waals surface area contributed by atoms with Gasteiger partial charge in [0.2, 0.25) is 10.0 Å². The Kier molecular flexibility index (Phi) is 5.46. The number of aromatic nitrogens is 1. The van der Waals surface area contributed by atoms with Gasteiger partial charge in [-0.2, -0.15) is 0 Å². The highest BCUT2D eigenvalue weighted by molar-refractivity contribution is 9.10. The fraction of sp³-hybridized carbons (Fsp3) is 0.214. The fourth-order valence-electron chi connectivity index (χ4n) is 1.82. The summed E-state index contributed by atoms with van der Waals surface area (Å²) in [5.74, 6) is 0. The molecule has 1 heterocycles. The molecule has 0 amide bonds. The molecule has 5 nitrogen and oxygen atoms in total. The number of sulfonamides is 1. The molecule has 0 unspecified atom stereocenters. The van der Waals surface area contributed by atoms with E-state index in [2.05, 4.69) is 25.6 Å². The van der Waals surface area contributed by atoms with Gasteiger partial charge < -0.3 is 4.74 Å². The molecule has 0 fully saturated rings. The highest BCUT2D eigenvalue weighted by Crippen LogP contribution is 2.15. The molecule has 7 heteroatoms. The first kappa shape index (κ1) is 16.1. The van der Waals surface area contributed by atoms with Crippen molar-refractivity contribution in [2.75, 3.05) is 7.11 Å². The van der Waals surface area contributed by atoms with Crippen molar-refractivity contribution < 1.29 is 13.2 Å². The van der Waals surface area contributed by atoms with Gasteiger partial charge in [-0.1, -0.05) is 24.3 Å². The molecule has 0 aliphatic carbocycles. The quantitative estimate of drug-likeness (QED) is 0.847. The maximum Gasteiger partial charge on any atom is 0.242 e. The molecule has 0 bridgehead atoms. The van der Waals surface area contributed by atoms with Crippen molar-refractivity contribution >= 4 is 26.0 Å². The van der Waals surface area contributed by atoms with E-state index in [9.17, 15) is 8.42 Å².